The average molecular weight is 461 g/mol. The lowest BCUT2D eigenvalue weighted by Crippen LogP contribution is -2.12. The van der Waals surface area contributed by atoms with Crippen molar-refractivity contribution in [3.05, 3.63) is 102 Å². The number of carbonyl (C=O) groups excluding carboxylic acids is 1. The Morgan fingerprint density at radius 2 is 1.43 bits per heavy atom. The summed E-state index contributed by atoms with van der Waals surface area (Å²) < 4.78 is 0. The Morgan fingerprint density at radius 3 is 2.23 bits per heavy atom. The molecule has 0 saturated heterocycles. The average Bonchev–Trinajstić information content (AvgIpc) is 2.85. The van der Waals surface area contributed by atoms with E-state index in [2.05, 4.69) is 30.6 Å². The van der Waals surface area contributed by atoms with Gasteiger partial charge in [0.1, 0.15) is 11.6 Å². The number of hydrogen-bond donors (Lipinski definition) is 2. The molecule has 7 heteroatoms. The maximum atomic E-state index is 12.9. The van der Waals surface area contributed by atoms with Crippen molar-refractivity contribution in [3.8, 4) is 11.3 Å². The van der Waals surface area contributed by atoms with Crippen LogP contribution in [0, 0.1) is 20.8 Å². The van der Waals surface area contributed by atoms with Crippen molar-refractivity contribution in [1.82, 2.24) is 19.9 Å². The van der Waals surface area contributed by atoms with Gasteiger partial charge in [0.25, 0.3) is 5.91 Å². The first-order valence-electron chi connectivity index (χ1n) is 11.3. The highest BCUT2D eigenvalue weighted by Crippen LogP contribution is 2.24. The summed E-state index contributed by atoms with van der Waals surface area (Å²) >= 11 is 0. The van der Waals surface area contributed by atoms with Crippen LogP contribution in [0.25, 0.3) is 22.3 Å². The van der Waals surface area contributed by atoms with Crippen LogP contribution in [0.4, 0.5) is 17.2 Å². The van der Waals surface area contributed by atoms with E-state index in [0.717, 1.165) is 33.8 Å². The monoisotopic (exact) mass is 460 g/mol. The standard InChI is InChI=1S/C28H24N6O/c1-17-18(2)30-26-14-21(12-13-24(26)29-17)28(35)34-23-11-7-10-22(15-23)33-27-16-25(31-19(3)32-27)20-8-5-4-6-9-20/h4-16H,1-3H3,(H,34,35)(H,31,32,33). The molecule has 7 nitrogen and oxygen atoms in total. The number of fused-ring (bicyclic) bond motifs is 1. The first kappa shape index (κ1) is 22.2. The zero-order valence-electron chi connectivity index (χ0n) is 19.7. The number of hydrogen-bond acceptors (Lipinski definition) is 6. The van der Waals surface area contributed by atoms with E-state index in [-0.39, 0.29) is 5.91 Å². The Morgan fingerprint density at radius 1 is 0.686 bits per heavy atom. The number of nitrogens with one attached hydrogen (secondary N) is 2. The molecule has 2 aromatic heterocycles. The molecule has 1 amide bonds. The second-order valence-electron chi connectivity index (χ2n) is 8.31. The van der Waals surface area contributed by atoms with Crippen molar-refractivity contribution in [2.75, 3.05) is 10.6 Å². The summed E-state index contributed by atoms with van der Waals surface area (Å²) in [6, 6.07) is 24.7. The topological polar surface area (TPSA) is 92.7 Å². The maximum Gasteiger partial charge on any atom is 0.255 e. The first-order valence-corrected chi connectivity index (χ1v) is 11.3. The molecule has 0 fully saturated rings. The van der Waals surface area contributed by atoms with Gasteiger partial charge >= 0.3 is 0 Å². The van der Waals surface area contributed by atoms with Gasteiger partial charge in [-0.3, -0.25) is 4.79 Å². The summed E-state index contributed by atoms with van der Waals surface area (Å²) in [5.74, 6) is 1.13. The van der Waals surface area contributed by atoms with Crippen LogP contribution in [0.1, 0.15) is 27.6 Å². The van der Waals surface area contributed by atoms with Gasteiger partial charge in [0.2, 0.25) is 0 Å². The van der Waals surface area contributed by atoms with E-state index >= 15 is 0 Å². The largest absolute Gasteiger partial charge is 0.340 e. The van der Waals surface area contributed by atoms with Gasteiger partial charge in [-0.1, -0.05) is 36.4 Å². The van der Waals surface area contributed by atoms with Gasteiger partial charge in [-0.15, -0.1) is 0 Å². The summed E-state index contributed by atoms with van der Waals surface area (Å²) in [7, 11) is 0. The van der Waals surface area contributed by atoms with Crippen LogP contribution in [0.3, 0.4) is 0 Å². The van der Waals surface area contributed by atoms with Crippen molar-refractivity contribution < 1.29 is 4.79 Å². The number of anilines is 3. The van der Waals surface area contributed by atoms with Crippen molar-refractivity contribution in [2.45, 2.75) is 20.8 Å². The molecular formula is C28H24N6O. The Bertz CT molecular complexity index is 1550. The molecule has 0 aliphatic carbocycles. The Balaban J connectivity index is 1.35. The molecule has 0 saturated carbocycles. The molecule has 5 aromatic rings. The third-order valence-electron chi connectivity index (χ3n) is 5.64. The molecule has 172 valence electrons. The fraction of sp³-hybridized carbons (Fsp3) is 0.107. The molecule has 35 heavy (non-hydrogen) atoms. The van der Waals surface area contributed by atoms with Crippen molar-refractivity contribution in [1.29, 1.82) is 0 Å². The summed E-state index contributed by atoms with van der Waals surface area (Å²) in [5, 5.41) is 6.29. The molecule has 3 aromatic carbocycles. The van der Waals surface area contributed by atoms with Gasteiger partial charge in [-0.25, -0.2) is 19.9 Å². The molecule has 0 bridgehead atoms. The Kier molecular flexibility index (Phi) is 5.89. The fourth-order valence-corrected chi connectivity index (χ4v) is 3.79. The van der Waals surface area contributed by atoms with E-state index in [1.54, 1.807) is 12.1 Å². The second kappa shape index (κ2) is 9.30. The van der Waals surface area contributed by atoms with E-state index in [1.165, 1.54) is 0 Å². The van der Waals surface area contributed by atoms with Crippen LogP contribution in [0.5, 0.6) is 0 Å². The lowest BCUT2D eigenvalue weighted by atomic mass is 10.1. The minimum absolute atomic E-state index is 0.215. The number of benzene rings is 3. The van der Waals surface area contributed by atoms with Gasteiger partial charge in [-0.2, -0.15) is 0 Å². The zero-order chi connectivity index (χ0) is 24.4. The van der Waals surface area contributed by atoms with Crippen LogP contribution in [-0.2, 0) is 0 Å². The zero-order valence-corrected chi connectivity index (χ0v) is 19.7. The van der Waals surface area contributed by atoms with E-state index in [4.69, 9.17) is 0 Å². The van der Waals surface area contributed by atoms with Crippen LogP contribution < -0.4 is 10.6 Å². The van der Waals surface area contributed by atoms with Crippen LogP contribution in [0.15, 0.2) is 78.9 Å². The number of aryl methyl sites for hydroxylation is 3. The molecule has 0 radical (unpaired) electrons. The number of amides is 1. The summed E-state index contributed by atoms with van der Waals surface area (Å²) in [6.07, 6.45) is 0. The number of rotatable bonds is 5. The van der Waals surface area contributed by atoms with Crippen LogP contribution >= 0.6 is 0 Å². The van der Waals surface area contributed by atoms with Crippen LogP contribution in [0.2, 0.25) is 0 Å². The van der Waals surface area contributed by atoms with Crippen molar-refractivity contribution in [2.24, 2.45) is 0 Å². The second-order valence-corrected chi connectivity index (χ2v) is 8.31. The van der Waals surface area contributed by atoms with E-state index in [1.807, 2.05) is 87.5 Å². The molecule has 0 aliphatic heterocycles. The van der Waals surface area contributed by atoms with E-state index in [0.29, 0.717) is 28.4 Å². The fourth-order valence-electron chi connectivity index (χ4n) is 3.79. The summed E-state index contributed by atoms with van der Waals surface area (Å²) in [4.78, 5) is 31.1. The van der Waals surface area contributed by atoms with E-state index < -0.39 is 0 Å². The predicted octanol–water partition coefficient (Wildman–Crippen LogP) is 6.01. The molecule has 2 heterocycles. The third kappa shape index (κ3) is 4.99. The summed E-state index contributed by atoms with van der Waals surface area (Å²) in [6.45, 7) is 5.70. The van der Waals surface area contributed by atoms with Gasteiger partial charge < -0.3 is 10.6 Å². The Labute approximate surface area is 203 Å². The van der Waals surface area contributed by atoms with Crippen molar-refractivity contribution >= 4 is 34.1 Å². The van der Waals surface area contributed by atoms with Crippen LogP contribution in [-0.4, -0.2) is 25.8 Å². The highest BCUT2D eigenvalue weighted by molar-refractivity contribution is 6.06. The third-order valence-corrected chi connectivity index (χ3v) is 5.64. The lowest BCUT2D eigenvalue weighted by Gasteiger charge is -2.11. The molecule has 0 aliphatic rings. The lowest BCUT2D eigenvalue weighted by molar-refractivity contribution is 0.102. The SMILES string of the molecule is Cc1nc(Nc2cccc(NC(=O)c3ccc4nc(C)c(C)nc4c3)c2)cc(-c2ccccc2)n1. The van der Waals surface area contributed by atoms with Gasteiger partial charge in [-0.05, 0) is 57.2 Å². The number of carbonyl (C=O) groups is 1. The minimum Gasteiger partial charge on any atom is -0.340 e. The quantitative estimate of drug-likeness (QED) is 0.334. The molecule has 0 spiro atoms. The Hall–Kier alpha value is -4.65. The first-order chi connectivity index (χ1) is 16.9. The highest BCUT2D eigenvalue weighted by atomic mass is 16.1. The molecule has 0 atom stereocenters. The highest BCUT2D eigenvalue weighted by Gasteiger charge is 2.10. The smallest absolute Gasteiger partial charge is 0.255 e. The summed E-state index contributed by atoms with van der Waals surface area (Å²) in [5.41, 5.74) is 7.05. The molecule has 0 unspecified atom stereocenters. The minimum atomic E-state index is -0.215. The van der Waals surface area contributed by atoms with Gasteiger partial charge in [0, 0.05) is 28.6 Å². The maximum absolute atomic E-state index is 12.9. The van der Waals surface area contributed by atoms with E-state index in [9.17, 15) is 4.79 Å². The molecule has 2 N–H and O–H groups in total. The number of aromatic nitrogens is 4. The number of nitrogens with zero attached hydrogens (tertiary/aromatic N) is 4. The van der Waals surface area contributed by atoms with Crippen molar-refractivity contribution in [3.63, 3.8) is 0 Å². The molecular weight excluding hydrogens is 436 g/mol. The molecule has 5 rings (SSSR count). The van der Waals surface area contributed by atoms with Gasteiger partial charge in [0.15, 0.2) is 0 Å². The predicted molar refractivity (Wildman–Crippen MR) is 139 cm³/mol. The normalized spacial score (nSPS) is 10.8. The van der Waals surface area contributed by atoms with Gasteiger partial charge in [0.05, 0.1) is 28.1 Å².